The number of nitrogens with one attached hydrogen (secondary N) is 2. The number of aromatic nitrogens is 3. The van der Waals surface area contributed by atoms with Crippen molar-refractivity contribution in [3.05, 3.63) is 45.0 Å². The van der Waals surface area contributed by atoms with E-state index in [1.54, 1.807) is 6.07 Å². The molecule has 1 aromatic carbocycles. The lowest BCUT2D eigenvalue weighted by atomic mass is 10.2. The fourth-order valence-corrected chi connectivity index (χ4v) is 3.59. The lowest BCUT2D eigenvalue weighted by molar-refractivity contribution is -0.113. The summed E-state index contributed by atoms with van der Waals surface area (Å²) in [5.74, 6) is -0.345. The highest BCUT2D eigenvalue weighted by molar-refractivity contribution is 7.99. The van der Waals surface area contributed by atoms with Gasteiger partial charge in [-0.2, -0.15) is 0 Å². The van der Waals surface area contributed by atoms with E-state index in [0.29, 0.717) is 15.8 Å². The number of halogens is 1. The summed E-state index contributed by atoms with van der Waals surface area (Å²) in [4.78, 5) is 34.3. The Kier molecular flexibility index (Phi) is 5.45. The minimum Gasteiger partial charge on any atom is -0.391 e. The van der Waals surface area contributed by atoms with Gasteiger partial charge in [0.2, 0.25) is 5.91 Å². The molecular formula is C15H13ClN6O2S2. The van der Waals surface area contributed by atoms with E-state index in [0.717, 1.165) is 17.3 Å². The molecule has 0 aliphatic heterocycles. The van der Waals surface area contributed by atoms with Crippen LogP contribution in [0.15, 0.2) is 39.6 Å². The Morgan fingerprint density at radius 3 is 2.81 bits per heavy atom. The van der Waals surface area contributed by atoms with E-state index in [9.17, 15) is 9.59 Å². The number of nitrogens with two attached hydrogens (primary N) is 2. The number of amides is 1. The standard InChI is InChI=1S/C15H13ClN6O2S2/c16-8-4-2-1-3-7(8)9-5-25-14(19-9)20-10(23)6-26-15-21-12(18)11(17)13(24)22-15/h1-5H,6,17H2,(H,19,20,23)(H3,18,21,22,24). The summed E-state index contributed by atoms with van der Waals surface area (Å²) in [5.41, 5.74) is 11.8. The highest BCUT2D eigenvalue weighted by Gasteiger charge is 2.12. The average molecular weight is 409 g/mol. The number of nitrogen functional groups attached to an aromatic ring is 2. The Morgan fingerprint density at radius 1 is 1.31 bits per heavy atom. The molecule has 1 amide bonds. The molecular weight excluding hydrogens is 396 g/mol. The fraction of sp³-hybridized carbons (Fsp3) is 0.0667. The first-order valence-corrected chi connectivity index (χ1v) is 9.46. The second-order valence-electron chi connectivity index (χ2n) is 5.02. The second kappa shape index (κ2) is 7.77. The van der Waals surface area contributed by atoms with Crippen LogP contribution in [0.4, 0.5) is 16.6 Å². The van der Waals surface area contributed by atoms with Crippen LogP contribution in [0, 0.1) is 0 Å². The van der Waals surface area contributed by atoms with E-state index in [1.807, 2.05) is 23.6 Å². The average Bonchev–Trinajstić information content (AvgIpc) is 3.06. The summed E-state index contributed by atoms with van der Waals surface area (Å²) < 4.78 is 0. The number of rotatable bonds is 5. The van der Waals surface area contributed by atoms with Crippen LogP contribution >= 0.6 is 34.7 Å². The number of thiazole rings is 1. The van der Waals surface area contributed by atoms with Gasteiger partial charge in [-0.3, -0.25) is 14.6 Å². The molecule has 3 rings (SSSR count). The van der Waals surface area contributed by atoms with Gasteiger partial charge >= 0.3 is 0 Å². The van der Waals surface area contributed by atoms with Crippen molar-refractivity contribution in [2.24, 2.45) is 0 Å². The van der Waals surface area contributed by atoms with Gasteiger partial charge in [0, 0.05) is 16.0 Å². The second-order valence-corrected chi connectivity index (χ2v) is 7.25. The lowest BCUT2D eigenvalue weighted by Gasteiger charge is -2.04. The van der Waals surface area contributed by atoms with Crippen molar-refractivity contribution < 1.29 is 4.79 Å². The minimum atomic E-state index is -0.537. The van der Waals surface area contributed by atoms with E-state index < -0.39 is 5.56 Å². The first-order valence-electron chi connectivity index (χ1n) is 7.22. The van der Waals surface area contributed by atoms with E-state index in [-0.39, 0.29) is 28.3 Å². The van der Waals surface area contributed by atoms with Gasteiger partial charge in [-0.1, -0.05) is 41.6 Å². The minimum absolute atomic E-state index is 0.0211. The van der Waals surface area contributed by atoms with Crippen molar-refractivity contribution in [2.45, 2.75) is 5.16 Å². The Hall–Kier alpha value is -2.56. The predicted octanol–water partition coefficient (Wildman–Crippen LogP) is 2.44. The molecule has 0 unspecified atom stereocenters. The van der Waals surface area contributed by atoms with Crippen LogP contribution in [-0.4, -0.2) is 26.6 Å². The smallest absolute Gasteiger partial charge is 0.276 e. The van der Waals surface area contributed by atoms with Gasteiger partial charge in [0.25, 0.3) is 5.56 Å². The quantitative estimate of drug-likeness (QED) is 0.375. The maximum atomic E-state index is 12.1. The van der Waals surface area contributed by atoms with Crippen LogP contribution in [0.5, 0.6) is 0 Å². The maximum Gasteiger partial charge on any atom is 0.276 e. The largest absolute Gasteiger partial charge is 0.391 e. The third kappa shape index (κ3) is 4.15. The molecule has 0 bridgehead atoms. The third-order valence-electron chi connectivity index (χ3n) is 3.20. The molecule has 0 spiro atoms. The number of anilines is 3. The monoisotopic (exact) mass is 408 g/mol. The first kappa shape index (κ1) is 18.2. The van der Waals surface area contributed by atoms with Crippen molar-refractivity contribution in [2.75, 3.05) is 22.5 Å². The molecule has 0 saturated carbocycles. The summed E-state index contributed by atoms with van der Waals surface area (Å²) in [6.07, 6.45) is 0. The van der Waals surface area contributed by atoms with Gasteiger partial charge in [0.15, 0.2) is 16.1 Å². The highest BCUT2D eigenvalue weighted by atomic mass is 35.5. The number of aromatic amines is 1. The van der Waals surface area contributed by atoms with Crippen LogP contribution in [0.2, 0.25) is 5.02 Å². The van der Waals surface area contributed by atoms with Gasteiger partial charge < -0.3 is 16.8 Å². The number of thioether (sulfide) groups is 1. The zero-order valence-electron chi connectivity index (χ0n) is 13.2. The molecule has 6 N–H and O–H groups in total. The highest BCUT2D eigenvalue weighted by Crippen LogP contribution is 2.30. The number of carbonyl (C=O) groups is 1. The van der Waals surface area contributed by atoms with Gasteiger partial charge in [-0.15, -0.1) is 11.3 Å². The van der Waals surface area contributed by atoms with E-state index in [1.165, 1.54) is 11.3 Å². The van der Waals surface area contributed by atoms with Crippen molar-refractivity contribution in [1.29, 1.82) is 0 Å². The number of nitrogens with zero attached hydrogens (tertiary/aromatic N) is 2. The Labute approximate surface area is 161 Å². The number of H-pyrrole nitrogens is 1. The molecule has 3 aromatic rings. The Balaban J connectivity index is 1.63. The van der Waals surface area contributed by atoms with Gasteiger partial charge in [-0.25, -0.2) is 9.97 Å². The van der Waals surface area contributed by atoms with Gasteiger partial charge in [-0.05, 0) is 6.07 Å². The van der Waals surface area contributed by atoms with Crippen molar-refractivity contribution in [1.82, 2.24) is 15.0 Å². The SMILES string of the molecule is Nc1nc(SCC(=O)Nc2nc(-c3ccccc3Cl)cs2)[nH]c(=O)c1N. The summed E-state index contributed by atoms with van der Waals surface area (Å²) >= 11 is 8.47. The molecule has 2 aromatic heterocycles. The number of benzene rings is 1. The van der Waals surface area contributed by atoms with E-state index in [4.69, 9.17) is 23.1 Å². The molecule has 0 radical (unpaired) electrons. The molecule has 26 heavy (non-hydrogen) atoms. The zero-order chi connectivity index (χ0) is 18.7. The summed E-state index contributed by atoms with van der Waals surface area (Å²) in [7, 11) is 0. The molecule has 2 heterocycles. The van der Waals surface area contributed by atoms with Crippen LogP contribution in [-0.2, 0) is 4.79 Å². The summed E-state index contributed by atoms with van der Waals surface area (Å²) in [5, 5.41) is 5.75. The van der Waals surface area contributed by atoms with Crippen LogP contribution in [0.3, 0.4) is 0 Å². The van der Waals surface area contributed by atoms with Gasteiger partial charge in [0.1, 0.15) is 5.69 Å². The Morgan fingerprint density at radius 2 is 2.08 bits per heavy atom. The maximum absolute atomic E-state index is 12.1. The lowest BCUT2D eigenvalue weighted by Crippen LogP contribution is -2.18. The fourth-order valence-electron chi connectivity index (χ4n) is 1.96. The normalized spacial score (nSPS) is 10.7. The number of carbonyl (C=O) groups excluding carboxylic acids is 1. The Bertz CT molecular complexity index is 1020. The van der Waals surface area contributed by atoms with Crippen molar-refractivity contribution >= 4 is 57.2 Å². The number of hydrogen-bond acceptors (Lipinski definition) is 8. The predicted molar refractivity (Wildman–Crippen MR) is 106 cm³/mol. The molecule has 0 saturated heterocycles. The molecule has 8 nitrogen and oxygen atoms in total. The summed E-state index contributed by atoms with van der Waals surface area (Å²) in [6.45, 7) is 0. The molecule has 0 fully saturated rings. The van der Waals surface area contributed by atoms with Gasteiger partial charge in [0.05, 0.1) is 11.4 Å². The van der Waals surface area contributed by atoms with E-state index >= 15 is 0 Å². The molecule has 11 heteroatoms. The topological polar surface area (TPSA) is 140 Å². The zero-order valence-corrected chi connectivity index (χ0v) is 15.5. The summed E-state index contributed by atoms with van der Waals surface area (Å²) in [6, 6.07) is 7.32. The third-order valence-corrected chi connectivity index (χ3v) is 5.16. The van der Waals surface area contributed by atoms with Crippen molar-refractivity contribution in [3.8, 4) is 11.3 Å². The van der Waals surface area contributed by atoms with Crippen LogP contribution < -0.4 is 22.3 Å². The number of hydrogen-bond donors (Lipinski definition) is 4. The molecule has 134 valence electrons. The van der Waals surface area contributed by atoms with Crippen LogP contribution in [0.1, 0.15) is 0 Å². The molecule has 0 aliphatic rings. The molecule has 0 aliphatic carbocycles. The first-order chi connectivity index (χ1) is 12.4. The van der Waals surface area contributed by atoms with Crippen molar-refractivity contribution in [3.63, 3.8) is 0 Å². The van der Waals surface area contributed by atoms with E-state index in [2.05, 4.69) is 20.3 Å². The molecule has 0 atom stereocenters. The van der Waals surface area contributed by atoms with Crippen LogP contribution in [0.25, 0.3) is 11.3 Å².